The molecule has 0 aliphatic rings. The average molecular weight is 437 g/mol. The van der Waals surface area contributed by atoms with Gasteiger partial charge in [0.05, 0.1) is 25.2 Å². The van der Waals surface area contributed by atoms with E-state index in [-0.39, 0.29) is 23.5 Å². The number of methoxy groups -OCH3 is 2. The summed E-state index contributed by atoms with van der Waals surface area (Å²) in [5.74, 6) is 1.28. The smallest absolute Gasteiger partial charge is 0.258 e. The highest BCUT2D eigenvalue weighted by atomic mass is 32.2. The summed E-state index contributed by atoms with van der Waals surface area (Å²) in [5, 5.41) is 2.85. The molecule has 2 aromatic rings. The minimum Gasteiger partial charge on any atom is -0.493 e. The Balaban J connectivity index is 1.91. The first-order valence-corrected chi connectivity index (χ1v) is 11.0. The lowest BCUT2D eigenvalue weighted by atomic mass is 10.1. The average Bonchev–Trinajstić information content (AvgIpc) is 2.76. The maximum atomic E-state index is 12.2. The summed E-state index contributed by atoms with van der Waals surface area (Å²) in [5.41, 5.74) is 0.857. The number of carbonyl (C=O) groups excluding carboxylic acids is 1. The highest BCUT2D eigenvalue weighted by Crippen LogP contribution is 2.29. The molecule has 0 bridgehead atoms. The summed E-state index contributed by atoms with van der Waals surface area (Å²) >= 11 is 0. The van der Waals surface area contributed by atoms with Crippen LogP contribution in [0.4, 0.5) is 0 Å². The zero-order valence-corrected chi connectivity index (χ0v) is 18.4. The van der Waals surface area contributed by atoms with Gasteiger partial charge in [0, 0.05) is 6.54 Å². The van der Waals surface area contributed by atoms with E-state index in [1.54, 1.807) is 26.4 Å². The van der Waals surface area contributed by atoms with Crippen molar-refractivity contribution < 1.29 is 27.4 Å². The van der Waals surface area contributed by atoms with E-state index in [9.17, 15) is 13.2 Å². The second-order valence-electron chi connectivity index (χ2n) is 6.56. The molecule has 1 unspecified atom stereocenters. The monoisotopic (exact) mass is 436 g/mol. The van der Waals surface area contributed by atoms with Crippen molar-refractivity contribution in [2.24, 2.45) is 0 Å². The molecule has 30 heavy (non-hydrogen) atoms. The van der Waals surface area contributed by atoms with Crippen molar-refractivity contribution in [3.05, 3.63) is 48.0 Å². The Morgan fingerprint density at radius 1 is 1.03 bits per heavy atom. The third kappa shape index (κ3) is 6.36. The number of sulfonamides is 1. The minimum atomic E-state index is -3.53. The molecule has 0 heterocycles. The fourth-order valence-corrected chi connectivity index (χ4v) is 3.81. The number of amides is 1. The molecule has 0 radical (unpaired) electrons. The van der Waals surface area contributed by atoms with Crippen LogP contribution in [0.1, 0.15) is 31.9 Å². The van der Waals surface area contributed by atoms with Gasteiger partial charge in [-0.25, -0.2) is 13.1 Å². The molecule has 0 aromatic heterocycles. The lowest BCUT2D eigenvalue weighted by molar-refractivity contribution is -0.123. The lowest BCUT2D eigenvalue weighted by Gasteiger charge is -2.17. The van der Waals surface area contributed by atoms with Crippen molar-refractivity contribution in [3.8, 4) is 17.2 Å². The molecule has 0 aliphatic heterocycles. The highest BCUT2D eigenvalue weighted by molar-refractivity contribution is 7.89. The van der Waals surface area contributed by atoms with Gasteiger partial charge in [-0.2, -0.15) is 0 Å². The van der Waals surface area contributed by atoms with Gasteiger partial charge in [0.15, 0.2) is 18.1 Å². The predicted molar refractivity (Wildman–Crippen MR) is 114 cm³/mol. The van der Waals surface area contributed by atoms with Crippen LogP contribution >= 0.6 is 0 Å². The van der Waals surface area contributed by atoms with Gasteiger partial charge in [0.2, 0.25) is 10.0 Å². The van der Waals surface area contributed by atoms with Gasteiger partial charge in [0.25, 0.3) is 5.91 Å². The summed E-state index contributed by atoms with van der Waals surface area (Å²) in [6.45, 7) is 3.91. The zero-order valence-electron chi connectivity index (χ0n) is 17.6. The van der Waals surface area contributed by atoms with Crippen LogP contribution in [0.2, 0.25) is 0 Å². The van der Waals surface area contributed by atoms with E-state index in [1.165, 1.54) is 24.3 Å². The van der Waals surface area contributed by atoms with Crippen LogP contribution in [-0.4, -0.2) is 41.7 Å². The van der Waals surface area contributed by atoms with Gasteiger partial charge in [-0.05, 0) is 55.3 Å². The van der Waals surface area contributed by atoms with Crippen LogP contribution < -0.4 is 24.2 Å². The van der Waals surface area contributed by atoms with Crippen molar-refractivity contribution >= 4 is 15.9 Å². The van der Waals surface area contributed by atoms with Crippen LogP contribution in [-0.2, 0) is 14.8 Å². The number of hydrogen-bond donors (Lipinski definition) is 2. The Morgan fingerprint density at radius 3 is 2.30 bits per heavy atom. The first-order valence-electron chi connectivity index (χ1n) is 9.54. The van der Waals surface area contributed by atoms with E-state index in [0.29, 0.717) is 30.2 Å². The number of ether oxygens (including phenoxy) is 3. The second kappa shape index (κ2) is 10.8. The number of hydrogen-bond acceptors (Lipinski definition) is 6. The number of rotatable bonds is 11. The summed E-state index contributed by atoms with van der Waals surface area (Å²) < 4.78 is 42.6. The van der Waals surface area contributed by atoms with E-state index in [1.807, 2.05) is 19.9 Å². The summed E-state index contributed by atoms with van der Waals surface area (Å²) in [4.78, 5) is 12.4. The quantitative estimate of drug-likeness (QED) is 0.561. The fraction of sp³-hybridized carbons (Fsp3) is 0.381. The lowest BCUT2D eigenvalue weighted by Crippen LogP contribution is -2.31. The molecule has 164 valence electrons. The first kappa shape index (κ1) is 23.5. The Kier molecular flexibility index (Phi) is 8.49. The highest BCUT2D eigenvalue weighted by Gasteiger charge is 2.15. The molecule has 9 heteroatoms. The van der Waals surface area contributed by atoms with Crippen LogP contribution in [0.25, 0.3) is 0 Å². The van der Waals surface area contributed by atoms with Crippen molar-refractivity contribution in [2.45, 2.75) is 31.2 Å². The summed E-state index contributed by atoms with van der Waals surface area (Å²) in [6, 6.07) is 11.1. The van der Waals surface area contributed by atoms with Gasteiger partial charge in [-0.3, -0.25) is 4.79 Å². The van der Waals surface area contributed by atoms with Gasteiger partial charge < -0.3 is 19.5 Å². The van der Waals surface area contributed by atoms with Gasteiger partial charge in [0.1, 0.15) is 5.75 Å². The fourth-order valence-electron chi connectivity index (χ4n) is 2.67. The van der Waals surface area contributed by atoms with E-state index in [2.05, 4.69) is 10.0 Å². The van der Waals surface area contributed by atoms with Crippen molar-refractivity contribution in [2.75, 3.05) is 27.4 Å². The van der Waals surface area contributed by atoms with Gasteiger partial charge in [-0.1, -0.05) is 13.0 Å². The van der Waals surface area contributed by atoms with Crippen LogP contribution in [0.5, 0.6) is 17.2 Å². The maximum absolute atomic E-state index is 12.2. The number of carbonyl (C=O) groups is 1. The van der Waals surface area contributed by atoms with Crippen molar-refractivity contribution in [1.82, 2.24) is 10.0 Å². The summed E-state index contributed by atoms with van der Waals surface area (Å²) in [6.07, 6.45) is 0.706. The molecule has 0 fully saturated rings. The Morgan fingerprint density at radius 2 is 1.70 bits per heavy atom. The Hall–Kier alpha value is -2.78. The van der Waals surface area contributed by atoms with Crippen LogP contribution in [0.15, 0.2) is 47.4 Å². The SMILES string of the molecule is CCCNS(=O)(=O)c1ccc(OCC(=O)NC(C)c2ccc(OC)c(OC)c2)cc1. The van der Waals surface area contributed by atoms with E-state index in [0.717, 1.165) is 5.56 Å². The van der Waals surface area contributed by atoms with Crippen LogP contribution in [0.3, 0.4) is 0 Å². The minimum absolute atomic E-state index is 0.148. The predicted octanol–water partition coefficient (Wildman–Crippen LogP) is 2.65. The van der Waals surface area contributed by atoms with Gasteiger partial charge in [-0.15, -0.1) is 0 Å². The molecule has 0 spiro atoms. The molecule has 8 nitrogen and oxygen atoms in total. The van der Waals surface area contributed by atoms with Crippen molar-refractivity contribution in [3.63, 3.8) is 0 Å². The second-order valence-corrected chi connectivity index (χ2v) is 8.33. The van der Waals surface area contributed by atoms with Crippen molar-refractivity contribution in [1.29, 1.82) is 0 Å². The Bertz CT molecular complexity index is 944. The normalized spacial score (nSPS) is 12.1. The van der Waals surface area contributed by atoms with E-state index in [4.69, 9.17) is 14.2 Å². The third-order valence-corrected chi connectivity index (χ3v) is 5.81. The molecule has 1 atom stereocenters. The molecular formula is C21H28N2O6S. The zero-order chi connectivity index (χ0) is 22.1. The molecular weight excluding hydrogens is 408 g/mol. The molecule has 2 N–H and O–H groups in total. The van der Waals surface area contributed by atoms with Gasteiger partial charge >= 0.3 is 0 Å². The number of benzene rings is 2. The van der Waals surface area contributed by atoms with Crippen LogP contribution in [0, 0.1) is 0 Å². The summed E-state index contributed by atoms with van der Waals surface area (Å²) in [7, 11) is -0.422. The molecule has 0 aliphatic carbocycles. The molecule has 2 rings (SSSR count). The van der Waals surface area contributed by atoms with E-state index < -0.39 is 10.0 Å². The third-order valence-electron chi connectivity index (χ3n) is 4.33. The molecule has 1 amide bonds. The molecule has 0 saturated carbocycles. The largest absolute Gasteiger partial charge is 0.493 e. The van der Waals surface area contributed by atoms with E-state index >= 15 is 0 Å². The molecule has 0 saturated heterocycles. The maximum Gasteiger partial charge on any atom is 0.258 e. The topological polar surface area (TPSA) is 103 Å². The standard InChI is InChI=1S/C21H28N2O6S/c1-5-12-22-30(25,26)18-9-7-17(8-10-18)29-14-21(24)23-15(2)16-6-11-19(27-3)20(13-16)28-4/h6-11,13,15,22H,5,12,14H2,1-4H3,(H,23,24). The first-order chi connectivity index (χ1) is 14.3. The molecule has 2 aromatic carbocycles. The number of nitrogens with one attached hydrogen (secondary N) is 2. The Labute approximate surface area is 177 Å².